The van der Waals surface area contributed by atoms with Crippen LogP contribution >= 0.6 is 0 Å². The minimum atomic E-state index is -0.369. The Morgan fingerprint density at radius 3 is 2.81 bits per heavy atom. The van der Waals surface area contributed by atoms with Crippen LogP contribution in [0.2, 0.25) is 0 Å². The molecule has 1 saturated heterocycles. The molecule has 3 atom stereocenters. The number of hydrogen-bond donors (Lipinski definition) is 2. The molecule has 2 unspecified atom stereocenters. The number of imidazole rings is 1. The Bertz CT molecular complexity index is 866. The van der Waals surface area contributed by atoms with Gasteiger partial charge in [0.25, 0.3) is 5.91 Å². The average Bonchev–Trinajstić information content (AvgIpc) is 3.04. The molecule has 0 radical (unpaired) electrons. The number of hydrogen-bond acceptors (Lipinski definition) is 5. The number of aromatic nitrogens is 2. The predicted octanol–water partition coefficient (Wildman–Crippen LogP) is 3.31. The third kappa shape index (κ3) is 5.88. The minimum Gasteiger partial charge on any atom is -0.392 e. The summed E-state index contributed by atoms with van der Waals surface area (Å²) in [7, 11) is 1.71. The molecule has 7 nitrogen and oxygen atoms in total. The molecular weight excluding hydrogens is 404 g/mol. The zero-order valence-electron chi connectivity index (χ0n) is 20.1. The van der Waals surface area contributed by atoms with Gasteiger partial charge < -0.3 is 24.6 Å². The normalized spacial score (nSPS) is 21.8. The zero-order valence-corrected chi connectivity index (χ0v) is 20.1. The molecular formula is C25H40N4O3. The monoisotopic (exact) mass is 444 g/mol. The van der Waals surface area contributed by atoms with E-state index in [9.17, 15) is 9.90 Å². The first-order valence-electron chi connectivity index (χ1n) is 12.1. The quantitative estimate of drug-likeness (QED) is 0.550. The van der Waals surface area contributed by atoms with Crippen molar-refractivity contribution in [2.24, 2.45) is 11.8 Å². The van der Waals surface area contributed by atoms with Crippen LogP contribution < -0.4 is 5.32 Å². The number of carbonyl (C=O) groups is 1. The number of rotatable bonds is 10. The summed E-state index contributed by atoms with van der Waals surface area (Å²) in [5.41, 5.74) is 1.85. The fourth-order valence-electron chi connectivity index (χ4n) is 4.73. The van der Waals surface area contributed by atoms with Crippen LogP contribution in [0.25, 0.3) is 11.0 Å². The number of ether oxygens (including phenoxy) is 1. The summed E-state index contributed by atoms with van der Waals surface area (Å²) < 4.78 is 7.28. The van der Waals surface area contributed by atoms with Gasteiger partial charge in [-0.25, -0.2) is 4.98 Å². The molecule has 1 aliphatic heterocycles. The van der Waals surface area contributed by atoms with Gasteiger partial charge >= 0.3 is 0 Å². The van der Waals surface area contributed by atoms with Gasteiger partial charge in [0.05, 0.1) is 17.1 Å². The maximum atomic E-state index is 14.0. The topological polar surface area (TPSA) is 79.6 Å². The Morgan fingerprint density at radius 2 is 2.09 bits per heavy atom. The van der Waals surface area contributed by atoms with Gasteiger partial charge in [-0.1, -0.05) is 39.3 Å². The van der Waals surface area contributed by atoms with E-state index in [4.69, 9.17) is 9.72 Å². The van der Waals surface area contributed by atoms with Crippen LogP contribution in [0.3, 0.4) is 0 Å². The summed E-state index contributed by atoms with van der Waals surface area (Å²) in [6.07, 6.45) is 3.20. The van der Waals surface area contributed by atoms with E-state index in [1.807, 2.05) is 29.2 Å². The summed E-state index contributed by atoms with van der Waals surface area (Å²) >= 11 is 0. The summed E-state index contributed by atoms with van der Waals surface area (Å²) in [6, 6.07) is 8.01. The largest absolute Gasteiger partial charge is 0.392 e. The van der Waals surface area contributed by atoms with Gasteiger partial charge in [0.1, 0.15) is 0 Å². The van der Waals surface area contributed by atoms with Crippen molar-refractivity contribution in [1.29, 1.82) is 0 Å². The Morgan fingerprint density at radius 1 is 1.31 bits per heavy atom. The molecule has 2 N–H and O–H groups in total. The van der Waals surface area contributed by atoms with Gasteiger partial charge in [0.15, 0.2) is 5.82 Å². The van der Waals surface area contributed by atoms with Crippen molar-refractivity contribution in [2.45, 2.75) is 65.1 Å². The highest BCUT2D eigenvalue weighted by Gasteiger charge is 2.34. The van der Waals surface area contributed by atoms with E-state index in [1.165, 1.54) is 0 Å². The first kappa shape index (κ1) is 24.7. The molecule has 2 heterocycles. The Hall–Kier alpha value is -1.96. The maximum absolute atomic E-state index is 14.0. The van der Waals surface area contributed by atoms with E-state index in [2.05, 4.69) is 30.7 Å². The standard InChI is InChI=1S/C25H40N4O3/c1-5-19-14-20(15-26-16-23(19)30)29(17-18(2)3)25(31)24-27-21-10-6-7-11-22(21)28(24)12-8-9-13-32-4/h6-7,10-11,18-20,23,26,30H,5,8-9,12-17H2,1-4H3/t19?,20?,23-/m0/s1. The molecule has 0 spiro atoms. The molecule has 1 fully saturated rings. The van der Waals surface area contributed by atoms with Crippen molar-refractivity contribution < 1.29 is 14.6 Å². The lowest BCUT2D eigenvalue weighted by Crippen LogP contribution is -2.47. The second kappa shape index (κ2) is 11.8. The van der Waals surface area contributed by atoms with Gasteiger partial charge in [0, 0.05) is 45.9 Å². The van der Waals surface area contributed by atoms with Gasteiger partial charge in [-0.05, 0) is 43.2 Å². The number of aryl methyl sites for hydroxylation is 1. The number of para-hydroxylation sites is 2. The van der Waals surface area contributed by atoms with Crippen molar-refractivity contribution in [3.05, 3.63) is 30.1 Å². The Kier molecular flexibility index (Phi) is 9.08. The molecule has 32 heavy (non-hydrogen) atoms. The fraction of sp³-hybridized carbons (Fsp3) is 0.680. The summed E-state index contributed by atoms with van der Waals surface area (Å²) in [5.74, 6) is 1.03. The second-order valence-corrected chi connectivity index (χ2v) is 9.41. The number of nitrogens with zero attached hydrogens (tertiary/aromatic N) is 3. The number of aliphatic hydroxyl groups is 1. The van der Waals surface area contributed by atoms with Crippen LogP contribution in [0.15, 0.2) is 24.3 Å². The lowest BCUT2D eigenvalue weighted by Gasteiger charge is -2.34. The molecule has 1 aromatic heterocycles. The number of β-amino-alcohol motifs (C(OH)–C–C–N with tert-alkyl or cyclic N) is 1. The van der Waals surface area contributed by atoms with Crippen LogP contribution in [0, 0.1) is 11.8 Å². The molecule has 1 amide bonds. The Labute approximate surface area is 192 Å². The molecule has 3 rings (SSSR count). The average molecular weight is 445 g/mol. The molecule has 0 saturated carbocycles. The van der Waals surface area contributed by atoms with Gasteiger partial charge in [-0.3, -0.25) is 4.79 Å². The highest BCUT2D eigenvalue weighted by molar-refractivity contribution is 5.95. The maximum Gasteiger partial charge on any atom is 0.290 e. The van der Waals surface area contributed by atoms with E-state index in [0.717, 1.165) is 43.3 Å². The third-order valence-corrected chi connectivity index (χ3v) is 6.47. The number of unbranched alkanes of at least 4 members (excludes halogenated alkanes) is 1. The lowest BCUT2D eigenvalue weighted by molar-refractivity contribution is 0.0569. The van der Waals surface area contributed by atoms with Crippen LogP contribution in [-0.4, -0.2) is 71.0 Å². The molecule has 2 aromatic rings. The first-order valence-corrected chi connectivity index (χ1v) is 12.1. The number of nitrogens with one attached hydrogen (secondary N) is 1. The highest BCUT2D eigenvalue weighted by Crippen LogP contribution is 2.25. The third-order valence-electron chi connectivity index (χ3n) is 6.47. The molecule has 0 aliphatic carbocycles. The molecule has 0 bridgehead atoms. The van der Waals surface area contributed by atoms with E-state index >= 15 is 0 Å². The van der Waals surface area contributed by atoms with Crippen LogP contribution in [0.1, 0.15) is 57.1 Å². The molecule has 1 aliphatic rings. The van der Waals surface area contributed by atoms with Crippen molar-refractivity contribution in [3.63, 3.8) is 0 Å². The zero-order chi connectivity index (χ0) is 23.1. The van der Waals surface area contributed by atoms with Crippen molar-refractivity contribution in [2.75, 3.05) is 33.4 Å². The summed E-state index contributed by atoms with van der Waals surface area (Å²) in [4.78, 5) is 20.8. The number of fused-ring (bicyclic) bond motifs is 1. The number of benzene rings is 1. The first-order chi connectivity index (χ1) is 15.5. The van der Waals surface area contributed by atoms with E-state index in [-0.39, 0.29) is 24.0 Å². The van der Waals surface area contributed by atoms with E-state index in [0.29, 0.717) is 38.0 Å². The van der Waals surface area contributed by atoms with E-state index < -0.39 is 0 Å². The van der Waals surface area contributed by atoms with E-state index in [1.54, 1.807) is 7.11 Å². The van der Waals surface area contributed by atoms with Crippen molar-refractivity contribution in [1.82, 2.24) is 19.8 Å². The molecule has 178 valence electrons. The molecule has 7 heteroatoms. The van der Waals surface area contributed by atoms with Gasteiger partial charge in [-0.2, -0.15) is 0 Å². The van der Waals surface area contributed by atoms with Crippen molar-refractivity contribution in [3.8, 4) is 0 Å². The Balaban J connectivity index is 1.93. The number of carbonyl (C=O) groups excluding carboxylic acids is 1. The lowest BCUT2D eigenvalue weighted by atomic mass is 9.92. The predicted molar refractivity (Wildman–Crippen MR) is 128 cm³/mol. The van der Waals surface area contributed by atoms with Crippen LogP contribution in [-0.2, 0) is 11.3 Å². The second-order valence-electron chi connectivity index (χ2n) is 9.41. The van der Waals surface area contributed by atoms with Gasteiger partial charge in [0.2, 0.25) is 0 Å². The smallest absolute Gasteiger partial charge is 0.290 e. The summed E-state index contributed by atoms with van der Waals surface area (Å²) in [6.45, 7) is 9.80. The highest BCUT2D eigenvalue weighted by atomic mass is 16.5. The van der Waals surface area contributed by atoms with Crippen LogP contribution in [0.4, 0.5) is 0 Å². The summed E-state index contributed by atoms with van der Waals surface area (Å²) in [5, 5.41) is 13.8. The van der Waals surface area contributed by atoms with Gasteiger partial charge in [-0.15, -0.1) is 0 Å². The SMILES string of the molecule is CCC1CC(N(CC(C)C)C(=O)c2nc3ccccc3n2CCCCOC)CNC[C@@H]1O. The number of aliphatic hydroxyl groups excluding tert-OH is 1. The van der Waals surface area contributed by atoms with Crippen molar-refractivity contribution >= 4 is 16.9 Å². The number of methoxy groups -OCH3 is 1. The minimum absolute atomic E-state index is 0.0142. The number of amides is 1. The fourth-order valence-corrected chi connectivity index (χ4v) is 4.73. The van der Waals surface area contributed by atoms with Crippen LogP contribution in [0.5, 0.6) is 0 Å². The molecule has 1 aromatic carbocycles.